The Kier molecular flexibility index (Phi) is 6.32. The molecule has 3 aromatic rings. The molecule has 6 heteroatoms. The van der Waals surface area contributed by atoms with Crippen molar-refractivity contribution in [2.24, 2.45) is 0 Å². The molecule has 2 aromatic carbocycles. The lowest BCUT2D eigenvalue weighted by Gasteiger charge is -2.37. The fourth-order valence-corrected chi connectivity index (χ4v) is 4.87. The molecule has 0 bridgehead atoms. The van der Waals surface area contributed by atoms with Gasteiger partial charge in [0.2, 0.25) is 0 Å². The summed E-state index contributed by atoms with van der Waals surface area (Å²) in [5, 5.41) is 30.0. The fourth-order valence-electron chi connectivity index (χ4n) is 3.84. The van der Waals surface area contributed by atoms with Crippen LogP contribution in [0.4, 0.5) is 4.39 Å². The SMILES string of the molecule is Cc1ccc(C2O[C@H](CO)C[C@H](O)[C@H]2O)cc1Cc1ccc(-c2ccc(F)cc2)s1. The number of aliphatic hydroxyl groups excluding tert-OH is 3. The average Bonchev–Trinajstić information content (AvgIpc) is 3.20. The first-order valence-corrected chi connectivity index (χ1v) is 10.8. The second-order valence-corrected chi connectivity index (χ2v) is 8.96. The Hall–Kier alpha value is -2.09. The van der Waals surface area contributed by atoms with Crippen molar-refractivity contribution in [1.29, 1.82) is 0 Å². The van der Waals surface area contributed by atoms with Gasteiger partial charge >= 0.3 is 0 Å². The zero-order chi connectivity index (χ0) is 21.3. The third-order valence-corrected chi connectivity index (χ3v) is 6.74. The first kappa shape index (κ1) is 21.2. The predicted octanol–water partition coefficient (Wildman–Crippen LogP) is 4.00. The summed E-state index contributed by atoms with van der Waals surface area (Å²) in [6.45, 7) is 1.84. The molecule has 1 fully saturated rings. The Morgan fingerprint density at radius 1 is 1.07 bits per heavy atom. The fraction of sp³-hybridized carbons (Fsp3) is 0.333. The molecule has 1 aromatic heterocycles. The summed E-state index contributed by atoms with van der Waals surface area (Å²) in [7, 11) is 0. The lowest BCUT2D eigenvalue weighted by molar-refractivity contribution is -0.179. The van der Waals surface area contributed by atoms with E-state index in [4.69, 9.17) is 4.74 Å². The largest absolute Gasteiger partial charge is 0.394 e. The van der Waals surface area contributed by atoms with Gasteiger partial charge in [0.1, 0.15) is 18.0 Å². The molecule has 4 nitrogen and oxygen atoms in total. The molecule has 1 unspecified atom stereocenters. The van der Waals surface area contributed by atoms with Crippen LogP contribution in [0.15, 0.2) is 54.6 Å². The third-order valence-electron chi connectivity index (χ3n) is 5.61. The molecule has 3 N–H and O–H groups in total. The number of ether oxygens (including phenoxy) is 1. The van der Waals surface area contributed by atoms with Gasteiger partial charge < -0.3 is 20.1 Å². The van der Waals surface area contributed by atoms with E-state index in [0.717, 1.165) is 33.6 Å². The van der Waals surface area contributed by atoms with Crippen molar-refractivity contribution in [1.82, 2.24) is 0 Å². The standard InChI is InChI=1S/C24H25FO4S/c1-14-2-3-16(24-23(28)21(27)12-19(13-26)29-24)10-17(14)11-20-8-9-22(30-20)15-4-6-18(25)7-5-15/h2-10,19,21,23-24,26-28H,11-13H2,1H3/t19-,21-,23+,24?/m0/s1. The monoisotopic (exact) mass is 428 g/mol. The van der Waals surface area contributed by atoms with E-state index in [1.807, 2.05) is 31.2 Å². The van der Waals surface area contributed by atoms with Crippen LogP contribution < -0.4 is 0 Å². The minimum absolute atomic E-state index is 0.194. The van der Waals surface area contributed by atoms with E-state index in [-0.39, 0.29) is 18.8 Å². The van der Waals surface area contributed by atoms with Crippen LogP contribution >= 0.6 is 11.3 Å². The van der Waals surface area contributed by atoms with Crippen LogP contribution in [0, 0.1) is 12.7 Å². The second kappa shape index (κ2) is 8.96. The summed E-state index contributed by atoms with van der Waals surface area (Å²) in [5.41, 5.74) is 4.01. The minimum atomic E-state index is -1.03. The van der Waals surface area contributed by atoms with Crippen LogP contribution in [0.2, 0.25) is 0 Å². The molecule has 1 saturated heterocycles. The van der Waals surface area contributed by atoms with Crippen LogP contribution in [0.5, 0.6) is 0 Å². The molecule has 0 amide bonds. The molecule has 0 radical (unpaired) electrons. The van der Waals surface area contributed by atoms with Crippen molar-refractivity contribution < 1.29 is 24.4 Å². The number of aliphatic hydroxyl groups is 3. The molecular formula is C24H25FO4S. The maximum atomic E-state index is 13.2. The second-order valence-electron chi connectivity index (χ2n) is 7.79. The van der Waals surface area contributed by atoms with Crippen LogP contribution in [0.1, 0.15) is 34.1 Å². The molecule has 1 aliphatic heterocycles. The van der Waals surface area contributed by atoms with Gasteiger partial charge in [-0.15, -0.1) is 11.3 Å². The van der Waals surface area contributed by atoms with Crippen molar-refractivity contribution in [3.63, 3.8) is 0 Å². The van der Waals surface area contributed by atoms with E-state index in [1.54, 1.807) is 23.5 Å². The summed E-state index contributed by atoms with van der Waals surface area (Å²) < 4.78 is 19.0. The summed E-state index contributed by atoms with van der Waals surface area (Å²) in [5.74, 6) is -0.247. The quantitative estimate of drug-likeness (QED) is 0.575. The smallest absolute Gasteiger partial charge is 0.123 e. The predicted molar refractivity (Wildman–Crippen MR) is 115 cm³/mol. The van der Waals surface area contributed by atoms with Crippen LogP contribution in [-0.4, -0.2) is 40.2 Å². The number of halogens is 1. The Morgan fingerprint density at radius 2 is 1.83 bits per heavy atom. The first-order chi connectivity index (χ1) is 14.4. The van der Waals surface area contributed by atoms with Crippen molar-refractivity contribution in [2.75, 3.05) is 6.61 Å². The zero-order valence-electron chi connectivity index (χ0n) is 16.7. The summed E-state index contributed by atoms with van der Waals surface area (Å²) >= 11 is 1.67. The summed E-state index contributed by atoms with van der Waals surface area (Å²) in [4.78, 5) is 2.26. The minimum Gasteiger partial charge on any atom is -0.394 e. The van der Waals surface area contributed by atoms with Gasteiger partial charge in [-0.1, -0.05) is 30.3 Å². The maximum Gasteiger partial charge on any atom is 0.123 e. The number of rotatable bonds is 5. The molecule has 30 heavy (non-hydrogen) atoms. The van der Waals surface area contributed by atoms with Gasteiger partial charge in [-0.05, 0) is 53.4 Å². The van der Waals surface area contributed by atoms with E-state index in [9.17, 15) is 19.7 Å². The molecule has 158 valence electrons. The van der Waals surface area contributed by atoms with Crippen LogP contribution in [-0.2, 0) is 11.2 Å². The highest BCUT2D eigenvalue weighted by Crippen LogP contribution is 2.34. The normalized spacial score (nSPS) is 24.2. The lowest BCUT2D eigenvalue weighted by Crippen LogP contribution is -2.44. The number of thiophene rings is 1. The number of hydrogen-bond acceptors (Lipinski definition) is 5. The maximum absolute atomic E-state index is 13.2. The topological polar surface area (TPSA) is 69.9 Å². The zero-order valence-corrected chi connectivity index (χ0v) is 17.5. The van der Waals surface area contributed by atoms with Gasteiger partial charge in [-0.25, -0.2) is 4.39 Å². The highest BCUT2D eigenvalue weighted by molar-refractivity contribution is 7.15. The Balaban J connectivity index is 1.56. The molecule has 0 saturated carbocycles. The number of benzene rings is 2. The molecule has 4 atom stereocenters. The molecule has 2 heterocycles. The molecule has 1 aliphatic rings. The van der Waals surface area contributed by atoms with Gasteiger partial charge in [0.25, 0.3) is 0 Å². The summed E-state index contributed by atoms with van der Waals surface area (Å²) in [6.07, 6.45) is -2.19. The van der Waals surface area contributed by atoms with E-state index in [0.29, 0.717) is 0 Å². The van der Waals surface area contributed by atoms with E-state index in [1.165, 1.54) is 17.0 Å². The van der Waals surface area contributed by atoms with Gasteiger partial charge in [0.15, 0.2) is 0 Å². The van der Waals surface area contributed by atoms with Gasteiger partial charge in [0.05, 0.1) is 18.8 Å². The first-order valence-electron chi connectivity index (χ1n) is 10.0. The Bertz CT molecular complexity index is 1000. The van der Waals surface area contributed by atoms with Gasteiger partial charge in [0, 0.05) is 22.6 Å². The molecule has 0 spiro atoms. The van der Waals surface area contributed by atoms with Crippen LogP contribution in [0.25, 0.3) is 10.4 Å². The van der Waals surface area contributed by atoms with Crippen LogP contribution in [0.3, 0.4) is 0 Å². The highest BCUT2D eigenvalue weighted by Gasteiger charge is 2.37. The van der Waals surface area contributed by atoms with Gasteiger partial charge in [-0.2, -0.15) is 0 Å². The average molecular weight is 429 g/mol. The van der Waals surface area contributed by atoms with E-state index >= 15 is 0 Å². The molecule has 0 aliphatic carbocycles. The summed E-state index contributed by atoms with van der Waals surface area (Å²) in [6, 6.07) is 16.5. The Labute approximate surface area is 179 Å². The van der Waals surface area contributed by atoms with Crippen molar-refractivity contribution in [3.8, 4) is 10.4 Å². The number of hydrogen-bond donors (Lipinski definition) is 3. The van der Waals surface area contributed by atoms with Gasteiger partial charge in [-0.3, -0.25) is 0 Å². The van der Waals surface area contributed by atoms with E-state index < -0.39 is 24.4 Å². The van der Waals surface area contributed by atoms with Crippen molar-refractivity contribution in [3.05, 3.63) is 82.0 Å². The molecule has 4 rings (SSSR count). The number of aryl methyl sites for hydroxylation is 1. The Morgan fingerprint density at radius 3 is 2.57 bits per heavy atom. The lowest BCUT2D eigenvalue weighted by atomic mass is 9.91. The van der Waals surface area contributed by atoms with E-state index in [2.05, 4.69) is 6.07 Å². The van der Waals surface area contributed by atoms with Crippen molar-refractivity contribution >= 4 is 11.3 Å². The highest BCUT2D eigenvalue weighted by atomic mass is 32.1. The molecular weight excluding hydrogens is 403 g/mol. The van der Waals surface area contributed by atoms with Crippen molar-refractivity contribution in [2.45, 2.75) is 44.2 Å². The third kappa shape index (κ3) is 4.48.